The Morgan fingerprint density at radius 3 is 2.62 bits per heavy atom. The Hall–Kier alpha value is -2.91. The standard InChI is InChI=1S/C23H28N2O6S/c1-5-30-22(27)19-15(3)20(23(28)31-11-10-29-4)32-21(19)24-18(26)13-25-14(2)12-16-8-6-7-9-17(16)25/h6-9,14H,5,10-13H2,1-4H3,(H,24,26). The number of carbonyl (C=O) groups is 3. The number of esters is 2. The highest BCUT2D eigenvalue weighted by molar-refractivity contribution is 7.18. The number of hydrogen-bond acceptors (Lipinski definition) is 8. The Balaban J connectivity index is 1.81. The van der Waals surface area contributed by atoms with E-state index in [1.54, 1.807) is 13.8 Å². The van der Waals surface area contributed by atoms with Crippen LogP contribution in [-0.2, 0) is 25.4 Å². The summed E-state index contributed by atoms with van der Waals surface area (Å²) < 4.78 is 15.2. The number of amides is 1. The summed E-state index contributed by atoms with van der Waals surface area (Å²) in [5.41, 5.74) is 2.84. The van der Waals surface area contributed by atoms with E-state index in [1.165, 1.54) is 12.7 Å². The molecule has 0 radical (unpaired) electrons. The number of nitrogens with one attached hydrogen (secondary N) is 1. The topological polar surface area (TPSA) is 94.2 Å². The van der Waals surface area contributed by atoms with Gasteiger partial charge in [0.25, 0.3) is 0 Å². The number of ether oxygens (including phenoxy) is 3. The molecule has 0 saturated heterocycles. The second kappa shape index (κ2) is 10.6. The number of methoxy groups -OCH3 is 1. The molecule has 1 aliphatic heterocycles. The lowest BCUT2D eigenvalue weighted by atomic mass is 10.1. The fraction of sp³-hybridized carbons (Fsp3) is 0.435. The summed E-state index contributed by atoms with van der Waals surface area (Å²) in [6.07, 6.45) is 0.868. The van der Waals surface area contributed by atoms with Gasteiger partial charge in [0.2, 0.25) is 5.91 Å². The van der Waals surface area contributed by atoms with Crippen molar-refractivity contribution in [3.63, 3.8) is 0 Å². The molecule has 32 heavy (non-hydrogen) atoms. The average Bonchev–Trinajstić information content (AvgIpc) is 3.24. The fourth-order valence-electron chi connectivity index (χ4n) is 3.72. The SMILES string of the molecule is CCOC(=O)c1c(NC(=O)CN2c3ccccc3CC2C)sc(C(=O)OCCOC)c1C. The van der Waals surface area contributed by atoms with Crippen molar-refractivity contribution < 1.29 is 28.6 Å². The number of rotatable bonds is 9. The van der Waals surface area contributed by atoms with Crippen molar-refractivity contribution in [1.29, 1.82) is 0 Å². The first-order valence-electron chi connectivity index (χ1n) is 10.5. The van der Waals surface area contributed by atoms with E-state index in [-0.39, 0.29) is 53.8 Å². The van der Waals surface area contributed by atoms with Gasteiger partial charge in [0.15, 0.2) is 0 Å². The maximum absolute atomic E-state index is 12.9. The highest BCUT2D eigenvalue weighted by atomic mass is 32.1. The molecule has 3 rings (SSSR count). The van der Waals surface area contributed by atoms with Crippen LogP contribution in [0.2, 0.25) is 0 Å². The average molecular weight is 461 g/mol. The molecule has 0 saturated carbocycles. The lowest BCUT2D eigenvalue weighted by Gasteiger charge is -2.24. The van der Waals surface area contributed by atoms with Crippen molar-refractivity contribution in [1.82, 2.24) is 0 Å². The third-order valence-electron chi connectivity index (χ3n) is 5.25. The van der Waals surface area contributed by atoms with Crippen molar-refractivity contribution in [2.75, 3.05) is 43.7 Å². The van der Waals surface area contributed by atoms with Crippen molar-refractivity contribution >= 4 is 39.9 Å². The van der Waals surface area contributed by atoms with Crippen molar-refractivity contribution in [3.05, 3.63) is 45.8 Å². The van der Waals surface area contributed by atoms with Gasteiger partial charge in [0, 0.05) is 18.8 Å². The van der Waals surface area contributed by atoms with Crippen molar-refractivity contribution in [2.45, 2.75) is 33.2 Å². The summed E-state index contributed by atoms with van der Waals surface area (Å²) in [4.78, 5) is 40.3. The number of benzene rings is 1. The van der Waals surface area contributed by atoms with Gasteiger partial charge in [-0.2, -0.15) is 0 Å². The minimum atomic E-state index is -0.590. The number of thiophene rings is 1. The summed E-state index contributed by atoms with van der Waals surface area (Å²) in [6.45, 7) is 6.08. The zero-order chi connectivity index (χ0) is 23.3. The van der Waals surface area contributed by atoms with Crippen molar-refractivity contribution in [3.8, 4) is 0 Å². The minimum Gasteiger partial charge on any atom is -0.462 e. The molecule has 9 heteroatoms. The second-order valence-corrected chi connectivity index (χ2v) is 8.49. The Labute approximate surface area is 191 Å². The molecule has 172 valence electrons. The molecule has 1 unspecified atom stereocenters. The third-order valence-corrected chi connectivity index (χ3v) is 6.43. The number of anilines is 2. The molecule has 2 heterocycles. The lowest BCUT2D eigenvalue weighted by molar-refractivity contribution is -0.115. The number of nitrogens with zero attached hydrogens (tertiary/aromatic N) is 1. The molecule has 1 aromatic heterocycles. The molecule has 1 aliphatic rings. The van der Waals surface area contributed by atoms with E-state index in [2.05, 4.69) is 18.3 Å². The maximum Gasteiger partial charge on any atom is 0.348 e. The monoisotopic (exact) mass is 460 g/mol. The molecule has 0 aliphatic carbocycles. The van der Waals surface area contributed by atoms with E-state index in [9.17, 15) is 14.4 Å². The molecule has 1 atom stereocenters. The maximum atomic E-state index is 12.9. The Kier molecular flexibility index (Phi) is 7.87. The molecule has 1 N–H and O–H groups in total. The van der Waals surface area contributed by atoms with Crippen LogP contribution in [-0.4, -0.2) is 57.4 Å². The van der Waals surface area contributed by atoms with Crippen LogP contribution < -0.4 is 10.2 Å². The largest absolute Gasteiger partial charge is 0.462 e. The van der Waals surface area contributed by atoms with Gasteiger partial charge in [0.05, 0.1) is 25.3 Å². The highest BCUT2D eigenvalue weighted by Crippen LogP contribution is 2.35. The highest BCUT2D eigenvalue weighted by Gasteiger charge is 2.30. The van der Waals surface area contributed by atoms with Crippen LogP contribution in [0.15, 0.2) is 24.3 Å². The van der Waals surface area contributed by atoms with E-state index in [0.717, 1.165) is 23.4 Å². The van der Waals surface area contributed by atoms with Crippen LogP contribution in [0.5, 0.6) is 0 Å². The van der Waals surface area contributed by atoms with Gasteiger partial charge < -0.3 is 24.4 Å². The fourth-order valence-corrected chi connectivity index (χ4v) is 4.82. The molecule has 1 amide bonds. The van der Waals surface area contributed by atoms with Gasteiger partial charge in [-0.05, 0) is 44.4 Å². The number of fused-ring (bicyclic) bond motifs is 1. The van der Waals surface area contributed by atoms with E-state index < -0.39 is 11.9 Å². The molecule has 1 aromatic carbocycles. The molecule has 0 bridgehead atoms. The molecular weight excluding hydrogens is 432 g/mol. The summed E-state index contributed by atoms with van der Waals surface area (Å²) in [5, 5.41) is 3.10. The van der Waals surface area contributed by atoms with Crippen LogP contribution in [0.1, 0.15) is 45.0 Å². The first-order valence-corrected chi connectivity index (χ1v) is 11.3. The summed E-state index contributed by atoms with van der Waals surface area (Å²) in [5.74, 6) is -1.44. The predicted octanol–water partition coefficient (Wildman–Crippen LogP) is 3.43. The first kappa shape index (κ1) is 23.7. The molecule has 2 aromatic rings. The number of hydrogen-bond donors (Lipinski definition) is 1. The summed E-state index contributed by atoms with van der Waals surface area (Å²) >= 11 is 1.01. The third kappa shape index (κ3) is 5.11. The van der Waals surface area contributed by atoms with Gasteiger partial charge in [-0.3, -0.25) is 4.79 Å². The number of carbonyl (C=O) groups excluding carboxylic acids is 3. The Morgan fingerprint density at radius 1 is 1.16 bits per heavy atom. The molecule has 0 fully saturated rings. The van der Waals surface area contributed by atoms with Crippen LogP contribution in [0.3, 0.4) is 0 Å². The van der Waals surface area contributed by atoms with E-state index in [4.69, 9.17) is 14.2 Å². The van der Waals surface area contributed by atoms with Gasteiger partial charge in [0.1, 0.15) is 16.5 Å². The normalized spacial score (nSPS) is 14.8. The van der Waals surface area contributed by atoms with Gasteiger partial charge >= 0.3 is 11.9 Å². The van der Waals surface area contributed by atoms with Crippen molar-refractivity contribution in [2.24, 2.45) is 0 Å². The van der Waals surface area contributed by atoms with Crippen LogP contribution in [0.4, 0.5) is 10.7 Å². The summed E-state index contributed by atoms with van der Waals surface area (Å²) in [6, 6.07) is 8.18. The summed E-state index contributed by atoms with van der Waals surface area (Å²) in [7, 11) is 1.51. The zero-order valence-electron chi connectivity index (χ0n) is 18.7. The lowest BCUT2D eigenvalue weighted by Crippen LogP contribution is -2.37. The zero-order valence-corrected chi connectivity index (χ0v) is 19.5. The van der Waals surface area contributed by atoms with Gasteiger partial charge in [-0.1, -0.05) is 18.2 Å². The van der Waals surface area contributed by atoms with Gasteiger partial charge in [-0.25, -0.2) is 9.59 Å². The Morgan fingerprint density at radius 2 is 1.91 bits per heavy atom. The van der Waals surface area contributed by atoms with E-state index in [0.29, 0.717) is 5.56 Å². The van der Waals surface area contributed by atoms with E-state index in [1.807, 2.05) is 23.1 Å². The first-order chi connectivity index (χ1) is 15.4. The van der Waals surface area contributed by atoms with Crippen LogP contribution >= 0.6 is 11.3 Å². The second-order valence-electron chi connectivity index (χ2n) is 7.47. The molecule has 0 spiro atoms. The molecule has 8 nitrogen and oxygen atoms in total. The smallest absolute Gasteiger partial charge is 0.348 e. The predicted molar refractivity (Wildman–Crippen MR) is 123 cm³/mol. The Bertz CT molecular complexity index is 1000. The minimum absolute atomic E-state index is 0.0926. The van der Waals surface area contributed by atoms with Crippen LogP contribution in [0.25, 0.3) is 0 Å². The quantitative estimate of drug-likeness (QED) is 0.453. The molecular formula is C23H28N2O6S. The van der Waals surface area contributed by atoms with Gasteiger partial charge in [-0.15, -0.1) is 11.3 Å². The number of para-hydroxylation sites is 1. The van der Waals surface area contributed by atoms with E-state index >= 15 is 0 Å². The van der Waals surface area contributed by atoms with Crippen LogP contribution in [0, 0.1) is 6.92 Å².